The van der Waals surface area contributed by atoms with Crippen molar-refractivity contribution in [1.29, 1.82) is 0 Å². The Balaban J connectivity index is 1.46. The van der Waals surface area contributed by atoms with Gasteiger partial charge in [-0.25, -0.2) is 0 Å². The molecular formula is C21H26N2O. The molecular weight excluding hydrogens is 296 g/mol. The first kappa shape index (κ1) is 15.7. The summed E-state index contributed by atoms with van der Waals surface area (Å²) >= 11 is 0. The van der Waals surface area contributed by atoms with Crippen LogP contribution in [0.1, 0.15) is 30.4 Å². The first-order valence-corrected chi connectivity index (χ1v) is 9.07. The van der Waals surface area contributed by atoms with Gasteiger partial charge in [-0.3, -0.25) is 4.90 Å². The maximum atomic E-state index is 6.57. The predicted octanol–water partition coefficient (Wildman–Crippen LogP) is 3.59. The summed E-state index contributed by atoms with van der Waals surface area (Å²) in [5, 5.41) is 3.61. The van der Waals surface area contributed by atoms with Crippen LogP contribution in [0.5, 0.6) is 5.75 Å². The molecule has 1 atom stereocenters. The highest BCUT2D eigenvalue weighted by molar-refractivity contribution is 5.34. The molecule has 1 N–H and O–H groups in total. The van der Waals surface area contributed by atoms with E-state index in [0.29, 0.717) is 0 Å². The van der Waals surface area contributed by atoms with E-state index in [4.69, 9.17) is 4.74 Å². The summed E-state index contributed by atoms with van der Waals surface area (Å²) in [5.41, 5.74) is 2.62. The monoisotopic (exact) mass is 322 g/mol. The SMILES string of the molecule is c1ccc(CN2CCC[C@]3(CC2)CNCc2ccccc2O3)cc1. The second-order valence-electron chi connectivity index (χ2n) is 7.11. The molecule has 2 aliphatic heterocycles. The molecule has 0 aromatic heterocycles. The molecule has 1 saturated heterocycles. The molecule has 1 spiro atoms. The lowest BCUT2D eigenvalue weighted by atomic mass is 9.94. The maximum absolute atomic E-state index is 6.57. The van der Waals surface area contributed by atoms with Gasteiger partial charge in [-0.15, -0.1) is 0 Å². The van der Waals surface area contributed by atoms with Crippen molar-refractivity contribution in [2.45, 2.75) is 38.0 Å². The standard InChI is InChI=1S/C21H26N2O/c1-2-7-18(8-3-1)16-23-13-6-11-21(12-14-23)17-22-15-19-9-4-5-10-20(19)24-21/h1-5,7-10,22H,6,11-17H2/t21-/m0/s1. The number of nitrogens with one attached hydrogen (secondary N) is 1. The summed E-state index contributed by atoms with van der Waals surface area (Å²) in [7, 11) is 0. The van der Waals surface area contributed by atoms with E-state index in [2.05, 4.69) is 64.8 Å². The Morgan fingerprint density at radius 2 is 1.79 bits per heavy atom. The predicted molar refractivity (Wildman–Crippen MR) is 97.1 cm³/mol. The highest BCUT2D eigenvalue weighted by Gasteiger charge is 2.36. The third kappa shape index (κ3) is 3.47. The summed E-state index contributed by atoms with van der Waals surface area (Å²) in [5.74, 6) is 1.07. The minimum atomic E-state index is -0.0575. The van der Waals surface area contributed by atoms with Gasteiger partial charge in [-0.05, 0) is 31.0 Å². The van der Waals surface area contributed by atoms with Crippen molar-refractivity contribution >= 4 is 0 Å². The van der Waals surface area contributed by atoms with Gasteiger partial charge in [0.2, 0.25) is 0 Å². The normalized spacial score (nSPS) is 24.7. The van der Waals surface area contributed by atoms with E-state index in [1.807, 2.05) is 0 Å². The van der Waals surface area contributed by atoms with E-state index in [0.717, 1.165) is 51.3 Å². The van der Waals surface area contributed by atoms with E-state index in [-0.39, 0.29) is 5.60 Å². The third-order valence-electron chi connectivity index (χ3n) is 5.30. The lowest BCUT2D eigenvalue weighted by Gasteiger charge is -2.32. The van der Waals surface area contributed by atoms with Crippen LogP contribution in [0.15, 0.2) is 54.6 Å². The van der Waals surface area contributed by atoms with Crippen LogP contribution >= 0.6 is 0 Å². The van der Waals surface area contributed by atoms with Crippen LogP contribution in [0.2, 0.25) is 0 Å². The Morgan fingerprint density at radius 1 is 0.958 bits per heavy atom. The number of fused-ring (bicyclic) bond motifs is 1. The highest BCUT2D eigenvalue weighted by Crippen LogP contribution is 2.33. The number of para-hydroxylation sites is 1. The minimum Gasteiger partial charge on any atom is -0.486 e. The van der Waals surface area contributed by atoms with E-state index in [1.54, 1.807) is 0 Å². The fourth-order valence-corrected chi connectivity index (χ4v) is 3.95. The van der Waals surface area contributed by atoms with Crippen molar-refractivity contribution in [3.05, 3.63) is 65.7 Å². The van der Waals surface area contributed by atoms with E-state index < -0.39 is 0 Å². The molecule has 2 aliphatic rings. The number of nitrogens with zero attached hydrogens (tertiary/aromatic N) is 1. The Bertz CT molecular complexity index is 673. The van der Waals surface area contributed by atoms with E-state index in [1.165, 1.54) is 17.5 Å². The van der Waals surface area contributed by atoms with Crippen LogP contribution in [0.25, 0.3) is 0 Å². The molecule has 2 heterocycles. The van der Waals surface area contributed by atoms with Gasteiger partial charge in [0.1, 0.15) is 11.4 Å². The van der Waals surface area contributed by atoms with Gasteiger partial charge in [0.05, 0.1) is 0 Å². The Hall–Kier alpha value is -1.84. The molecule has 4 rings (SSSR count). The number of likely N-dealkylation sites (tertiary alicyclic amines) is 1. The first-order valence-electron chi connectivity index (χ1n) is 9.07. The van der Waals surface area contributed by atoms with Crippen LogP contribution < -0.4 is 10.1 Å². The van der Waals surface area contributed by atoms with Crippen molar-refractivity contribution < 1.29 is 4.74 Å². The fourth-order valence-electron chi connectivity index (χ4n) is 3.95. The number of ether oxygens (including phenoxy) is 1. The summed E-state index contributed by atoms with van der Waals surface area (Å²) in [4.78, 5) is 2.57. The smallest absolute Gasteiger partial charge is 0.124 e. The molecule has 0 amide bonds. The molecule has 24 heavy (non-hydrogen) atoms. The zero-order chi connectivity index (χ0) is 16.2. The van der Waals surface area contributed by atoms with Crippen LogP contribution in [0, 0.1) is 0 Å². The summed E-state index contributed by atoms with van der Waals surface area (Å²) in [6.07, 6.45) is 3.40. The molecule has 1 fully saturated rings. The quantitative estimate of drug-likeness (QED) is 0.914. The Labute approximate surface area is 144 Å². The second kappa shape index (κ2) is 6.96. The van der Waals surface area contributed by atoms with Crippen LogP contribution in [0.4, 0.5) is 0 Å². The molecule has 0 unspecified atom stereocenters. The molecule has 2 aromatic carbocycles. The second-order valence-corrected chi connectivity index (χ2v) is 7.11. The van der Waals surface area contributed by atoms with Gasteiger partial charge in [-0.1, -0.05) is 48.5 Å². The summed E-state index contributed by atoms with van der Waals surface area (Å²) in [6, 6.07) is 19.3. The zero-order valence-corrected chi connectivity index (χ0v) is 14.2. The van der Waals surface area contributed by atoms with Crippen LogP contribution in [-0.4, -0.2) is 30.1 Å². The number of hydrogen-bond donors (Lipinski definition) is 1. The number of benzene rings is 2. The van der Waals surface area contributed by atoms with Crippen molar-refractivity contribution in [3.63, 3.8) is 0 Å². The van der Waals surface area contributed by atoms with Gasteiger partial charge in [0, 0.05) is 38.2 Å². The first-order chi connectivity index (χ1) is 11.8. The zero-order valence-electron chi connectivity index (χ0n) is 14.2. The van der Waals surface area contributed by atoms with Gasteiger partial charge in [0.15, 0.2) is 0 Å². The maximum Gasteiger partial charge on any atom is 0.124 e. The van der Waals surface area contributed by atoms with Crippen molar-refractivity contribution in [3.8, 4) is 5.75 Å². The minimum absolute atomic E-state index is 0.0575. The van der Waals surface area contributed by atoms with E-state index >= 15 is 0 Å². The molecule has 3 heteroatoms. The largest absolute Gasteiger partial charge is 0.486 e. The highest BCUT2D eigenvalue weighted by atomic mass is 16.5. The molecule has 0 bridgehead atoms. The average Bonchev–Trinajstić information content (AvgIpc) is 2.92. The Kier molecular flexibility index (Phi) is 4.54. The number of rotatable bonds is 2. The number of hydrogen-bond acceptors (Lipinski definition) is 3. The summed E-state index contributed by atoms with van der Waals surface area (Å²) < 4.78 is 6.57. The van der Waals surface area contributed by atoms with Crippen molar-refractivity contribution in [1.82, 2.24) is 10.2 Å². The third-order valence-corrected chi connectivity index (χ3v) is 5.30. The van der Waals surface area contributed by atoms with Crippen molar-refractivity contribution in [2.24, 2.45) is 0 Å². The van der Waals surface area contributed by atoms with Gasteiger partial charge >= 0.3 is 0 Å². The molecule has 0 aliphatic carbocycles. The molecule has 0 saturated carbocycles. The average molecular weight is 322 g/mol. The molecule has 3 nitrogen and oxygen atoms in total. The lowest BCUT2D eigenvalue weighted by Crippen LogP contribution is -2.44. The Morgan fingerprint density at radius 3 is 2.71 bits per heavy atom. The molecule has 2 aromatic rings. The van der Waals surface area contributed by atoms with E-state index in [9.17, 15) is 0 Å². The van der Waals surface area contributed by atoms with Crippen molar-refractivity contribution in [2.75, 3.05) is 19.6 Å². The van der Waals surface area contributed by atoms with Gasteiger partial charge < -0.3 is 10.1 Å². The van der Waals surface area contributed by atoms with Gasteiger partial charge in [-0.2, -0.15) is 0 Å². The summed E-state index contributed by atoms with van der Waals surface area (Å²) in [6.45, 7) is 5.15. The van der Waals surface area contributed by atoms with Gasteiger partial charge in [0.25, 0.3) is 0 Å². The molecule has 126 valence electrons. The lowest BCUT2D eigenvalue weighted by molar-refractivity contribution is 0.0576. The van der Waals surface area contributed by atoms with Crippen LogP contribution in [0.3, 0.4) is 0 Å². The topological polar surface area (TPSA) is 24.5 Å². The molecule has 0 radical (unpaired) electrons. The van der Waals surface area contributed by atoms with Crippen LogP contribution in [-0.2, 0) is 13.1 Å². The fraction of sp³-hybridized carbons (Fsp3) is 0.429.